The number of aromatic nitrogens is 2. The van der Waals surface area contributed by atoms with Crippen molar-refractivity contribution in [1.29, 1.82) is 0 Å². The minimum atomic E-state index is 0.0612. The van der Waals surface area contributed by atoms with Gasteiger partial charge in [-0.15, -0.1) is 0 Å². The molecular weight excluding hydrogens is 244 g/mol. The molecule has 2 rings (SSSR count). The summed E-state index contributed by atoms with van der Waals surface area (Å²) in [4.78, 5) is 16.5. The van der Waals surface area contributed by atoms with E-state index < -0.39 is 0 Å². The number of nitrogens with zero attached hydrogens (tertiary/aromatic N) is 4. The van der Waals surface area contributed by atoms with Crippen molar-refractivity contribution >= 4 is 5.91 Å². The number of carbonyl (C=O) groups excluding carboxylic acids is 1. The number of aliphatic hydroxyl groups excluding tert-OH is 1. The molecule has 1 aliphatic heterocycles. The first kappa shape index (κ1) is 14.0. The fourth-order valence-corrected chi connectivity index (χ4v) is 2.44. The minimum absolute atomic E-state index is 0.0612. The van der Waals surface area contributed by atoms with Crippen LogP contribution in [0.1, 0.15) is 23.1 Å². The summed E-state index contributed by atoms with van der Waals surface area (Å²) in [6, 6.07) is 1.85. The van der Waals surface area contributed by atoms with E-state index in [1.165, 1.54) is 0 Å². The molecule has 2 heterocycles. The fourth-order valence-electron chi connectivity index (χ4n) is 2.44. The molecule has 19 heavy (non-hydrogen) atoms. The summed E-state index contributed by atoms with van der Waals surface area (Å²) < 4.78 is 1.76. The Morgan fingerprint density at radius 2 is 2.05 bits per heavy atom. The molecule has 106 valence electrons. The van der Waals surface area contributed by atoms with Crippen molar-refractivity contribution in [1.82, 2.24) is 19.6 Å². The van der Waals surface area contributed by atoms with Crippen LogP contribution in [0.2, 0.25) is 0 Å². The summed E-state index contributed by atoms with van der Waals surface area (Å²) in [5, 5.41) is 13.2. The summed E-state index contributed by atoms with van der Waals surface area (Å²) in [6.07, 6.45) is 0. The van der Waals surface area contributed by atoms with E-state index in [0.717, 1.165) is 18.8 Å². The van der Waals surface area contributed by atoms with Gasteiger partial charge in [0.25, 0.3) is 5.91 Å². The zero-order chi connectivity index (χ0) is 13.8. The van der Waals surface area contributed by atoms with Crippen LogP contribution in [0, 0.1) is 6.92 Å². The van der Waals surface area contributed by atoms with Gasteiger partial charge in [0.1, 0.15) is 5.69 Å². The molecule has 0 unspecified atom stereocenters. The Labute approximate surface area is 113 Å². The second kappa shape index (κ2) is 6.16. The van der Waals surface area contributed by atoms with Gasteiger partial charge in [0.05, 0.1) is 12.3 Å². The van der Waals surface area contributed by atoms with Crippen LogP contribution in [-0.2, 0) is 6.54 Å². The molecule has 6 heteroatoms. The van der Waals surface area contributed by atoms with Gasteiger partial charge in [-0.3, -0.25) is 14.4 Å². The van der Waals surface area contributed by atoms with Gasteiger partial charge in [-0.2, -0.15) is 5.10 Å². The van der Waals surface area contributed by atoms with Crippen molar-refractivity contribution in [3.05, 3.63) is 17.5 Å². The molecule has 1 aromatic rings. The number of amides is 1. The monoisotopic (exact) mass is 266 g/mol. The maximum atomic E-state index is 12.5. The molecule has 0 spiro atoms. The number of aliphatic hydroxyl groups is 1. The Kier molecular flexibility index (Phi) is 4.55. The lowest BCUT2D eigenvalue weighted by Gasteiger charge is -2.34. The molecule has 1 fully saturated rings. The van der Waals surface area contributed by atoms with E-state index >= 15 is 0 Å². The number of carbonyl (C=O) groups is 1. The minimum Gasteiger partial charge on any atom is -0.395 e. The van der Waals surface area contributed by atoms with Crippen LogP contribution in [0.25, 0.3) is 0 Å². The quantitative estimate of drug-likeness (QED) is 0.831. The fraction of sp³-hybridized carbons (Fsp3) is 0.692. The molecule has 0 aromatic carbocycles. The Bertz CT molecular complexity index is 436. The van der Waals surface area contributed by atoms with Crippen LogP contribution in [-0.4, -0.2) is 69.9 Å². The molecular formula is C13H22N4O2. The van der Waals surface area contributed by atoms with Crippen molar-refractivity contribution in [2.45, 2.75) is 20.4 Å². The van der Waals surface area contributed by atoms with Gasteiger partial charge in [0.15, 0.2) is 0 Å². The van der Waals surface area contributed by atoms with Crippen LogP contribution < -0.4 is 0 Å². The molecule has 1 aliphatic rings. The Morgan fingerprint density at radius 3 is 2.63 bits per heavy atom. The zero-order valence-corrected chi connectivity index (χ0v) is 11.7. The highest BCUT2D eigenvalue weighted by Gasteiger charge is 2.24. The molecule has 0 bridgehead atoms. The van der Waals surface area contributed by atoms with Crippen molar-refractivity contribution in [3.8, 4) is 0 Å². The van der Waals surface area contributed by atoms with E-state index in [-0.39, 0.29) is 12.5 Å². The van der Waals surface area contributed by atoms with Gasteiger partial charge in [-0.05, 0) is 19.9 Å². The topological polar surface area (TPSA) is 61.6 Å². The molecule has 0 atom stereocenters. The van der Waals surface area contributed by atoms with Gasteiger partial charge in [-0.25, -0.2) is 0 Å². The predicted octanol–water partition coefficient (Wildman–Crippen LogP) is -0.0385. The average molecular weight is 266 g/mol. The summed E-state index contributed by atoms with van der Waals surface area (Å²) in [5.74, 6) is 0.0612. The lowest BCUT2D eigenvalue weighted by molar-refractivity contribution is 0.0603. The third kappa shape index (κ3) is 3.13. The van der Waals surface area contributed by atoms with Crippen LogP contribution in [0.4, 0.5) is 0 Å². The standard InChI is InChI=1S/C13H22N4O2/c1-3-17-12(10-11(2)14-17)13(19)16-6-4-15(5-7-16)8-9-18/h10,18H,3-9H2,1-2H3. The van der Waals surface area contributed by atoms with Gasteiger partial charge >= 0.3 is 0 Å². The number of rotatable bonds is 4. The highest BCUT2D eigenvalue weighted by molar-refractivity contribution is 5.92. The van der Waals surface area contributed by atoms with E-state index in [0.29, 0.717) is 31.9 Å². The van der Waals surface area contributed by atoms with Gasteiger partial charge < -0.3 is 10.0 Å². The molecule has 1 saturated heterocycles. The third-order valence-electron chi connectivity index (χ3n) is 3.50. The predicted molar refractivity (Wildman–Crippen MR) is 72.1 cm³/mol. The summed E-state index contributed by atoms with van der Waals surface area (Å²) in [7, 11) is 0. The van der Waals surface area contributed by atoms with E-state index in [1.807, 2.05) is 24.8 Å². The van der Waals surface area contributed by atoms with Crippen molar-refractivity contribution < 1.29 is 9.90 Å². The normalized spacial score (nSPS) is 16.9. The molecule has 6 nitrogen and oxygen atoms in total. The lowest BCUT2D eigenvalue weighted by Crippen LogP contribution is -2.49. The first-order valence-electron chi connectivity index (χ1n) is 6.82. The molecule has 1 N–H and O–H groups in total. The number of hydrogen-bond donors (Lipinski definition) is 1. The largest absolute Gasteiger partial charge is 0.395 e. The zero-order valence-electron chi connectivity index (χ0n) is 11.7. The Morgan fingerprint density at radius 1 is 1.37 bits per heavy atom. The molecule has 1 amide bonds. The van der Waals surface area contributed by atoms with E-state index in [1.54, 1.807) is 4.68 Å². The molecule has 0 saturated carbocycles. The number of aryl methyl sites for hydroxylation is 2. The number of hydrogen-bond acceptors (Lipinski definition) is 4. The maximum Gasteiger partial charge on any atom is 0.272 e. The Balaban J connectivity index is 2.01. The third-order valence-corrected chi connectivity index (χ3v) is 3.50. The second-order valence-electron chi connectivity index (χ2n) is 4.84. The smallest absolute Gasteiger partial charge is 0.272 e. The maximum absolute atomic E-state index is 12.5. The van der Waals surface area contributed by atoms with Gasteiger partial charge in [0, 0.05) is 39.3 Å². The van der Waals surface area contributed by atoms with E-state index in [9.17, 15) is 4.79 Å². The molecule has 1 aromatic heterocycles. The van der Waals surface area contributed by atoms with Crippen LogP contribution in [0.3, 0.4) is 0 Å². The Hall–Kier alpha value is -1.40. The highest BCUT2D eigenvalue weighted by Crippen LogP contribution is 2.10. The number of piperazine rings is 1. The lowest BCUT2D eigenvalue weighted by atomic mass is 10.2. The van der Waals surface area contributed by atoms with Crippen molar-refractivity contribution in [3.63, 3.8) is 0 Å². The van der Waals surface area contributed by atoms with Gasteiger partial charge in [-0.1, -0.05) is 0 Å². The van der Waals surface area contributed by atoms with Crippen molar-refractivity contribution in [2.75, 3.05) is 39.3 Å². The summed E-state index contributed by atoms with van der Waals surface area (Å²) in [5.41, 5.74) is 1.56. The SMILES string of the molecule is CCn1nc(C)cc1C(=O)N1CCN(CCO)CC1. The average Bonchev–Trinajstić information content (AvgIpc) is 2.80. The van der Waals surface area contributed by atoms with E-state index in [2.05, 4.69) is 10.00 Å². The van der Waals surface area contributed by atoms with E-state index in [4.69, 9.17) is 5.11 Å². The first-order chi connectivity index (χ1) is 9.15. The molecule has 0 aliphatic carbocycles. The summed E-state index contributed by atoms with van der Waals surface area (Å²) in [6.45, 7) is 8.55. The van der Waals surface area contributed by atoms with Gasteiger partial charge in [0.2, 0.25) is 0 Å². The second-order valence-corrected chi connectivity index (χ2v) is 4.84. The van der Waals surface area contributed by atoms with Crippen LogP contribution >= 0.6 is 0 Å². The summed E-state index contributed by atoms with van der Waals surface area (Å²) >= 11 is 0. The first-order valence-corrected chi connectivity index (χ1v) is 6.82. The molecule has 0 radical (unpaired) electrons. The van der Waals surface area contributed by atoms with Crippen molar-refractivity contribution in [2.24, 2.45) is 0 Å². The van der Waals surface area contributed by atoms with Crippen LogP contribution in [0.15, 0.2) is 6.07 Å². The highest BCUT2D eigenvalue weighted by atomic mass is 16.3. The van der Waals surface area contributed by atoms with Crippen LogP contribution in [0.5, 0.6) is 0 Å². The number of β-amino-alcohol motifs (C(OH)–C–C–N with tert-alkyl or cyclic N) is 1.